The topological polar surface area (TPSA) is 70.8 Å². The Hall–Kier alpha value is -1.44. The second-order valence-corrected chi connectivity index (χ2v) is 5.78. The molecule has 1 aromatic rings. The molecule has 0 aromatic heterocycles. The molecule has 0 atom stereocenters. The normalized spacial score (nSPS) is 20.1. The van der Waals surface area contributed by atoms with Crippen LogP contribution in [0.3, 0.4) is 0 Å². The van der Waals surface area contributed by atoms with Gasteiger partial charge in [-0.05, 0) is 45.4 Å². The lowest BCUT2D eigenvalue weighted by Gasteiger charge is -2.31. The van der Waals surface area contributed by atoms with Crippen molar-refractivity contribution in [3.8, 4) is 0 Å². The van der Waals surface area contributed by atoms with Crippen LogP contribution in [0.2, 0.25) is 0 Å². The van der Waals surface area contributed by atoms with Gasteiger partial charge in [-0.2, -0.15) is 0 Å². The highest BCUT2D eigenvalue weighted by molar-refractivity contribution is 6.37. The zero-order valence-electron chi connectivity index (χ0n) is 12.1. The highest BCUT2D eigenvalue weighted by Gasteiger charge is 2.52. The molecule has 0 radical (unpaired) electrons. The molecule has 0 N–H and O–H groups in total. The molecule has 0 aliphatic carbocycles. The van der Waals surface area contributed by atoms with Crippen molar-refractivity contribution in [3.05, 3.63) is 39.9 Å². The van der Waals surface area contributed by atoms with Crippen molar-refractivity contribution in [2.24, 2.45) is 0 Å². The first-order chi connectivity index (χ1) is 9.21. The summed E-state index contributed by atoms with van der Waals surface area (Å²) in [5.41, 5.74) is 0.00926. The van der Waals surface area contributed by atoms with E-state index >= 15 is 0 Å². The van der Waals surface area contributed by atoms with Crippen LogP contribution in [0, 0.1) is 10.1 Å². The number of rotatable bonds is 4. The minimum absolute atomic E-state index is 0.0596. The highest BCUT2D eigenvalue weighted by atomic mass is 16.8. The molecule has 0 unspecified atom stereocenters. The van der Waals surface area contributed by atoms with Gasteiger partial charge in [0.15, 0.2) is 0 Å². The van der Waals surface area contributed by atoms with E-state index in [1.54, 1.807) is 12.1 Å². The van der Waals surface area contributed by atoms with Crippen LogP contribution < -0.4 is 0 Å². The first-order valence-corrected chi connectivity index (χ1v) is 6.42. The number of nitro benzene ring substituents is 1. The van der Waals surface area contributed by atoms with Crippen molar-refractivity contribution in [2.45, 2.75) is 45.5 Å². The standard InChI is InChI=1S/C13H18BNO5/c1-12(2)13(3,4)20-14(19-12)18-9-10-5-7-11(8-6-10)15(16)17/h5-8H,9H2,1-4H3. The van der Waals surface area contributed by atoms with Crippen molar-refractivity contribution in [3.63, 3.8) is 0 Å². The van der Waals surface area contributed by atoms with E-state index in [1.807, 2.05) is 27.7 Å². The van der Waals surface area contributed by atoms with Gasteiger partial charge in [-0.25, -0.2) is 0 Å². The molecule has 1 saturated heterocycles. The van der Waals surface area contributed by atoms with Crippen molar-refractivity contribution >= 4 is 13.0 Å². The first-order valence-electron chi connectivity index (χ1n) is 6.42. The SMILES string of the molecule is CC1(C)OB(OCc2ccc([N+](=O)[O-])cc2)OC1(C)C. The molecular formula is C13H18BNO5. The van der Waals surface area contributed by atoms with Gasteiger partial charge in [0.2, 0.25) is 0 Å². The van der Waals surface area contributed by atoms with Crippen LogP contribution in [-0.2, 0) is 20.6 Å². The van der Waals surface area contributed by atoms with E-state index in [-0.39, 0.29) is 12.3 Å². The molecule has 1 aliphatic heterocycles. The molecule has 0 spiro atoms. The second-order valence-electron chi connectivity index (χ2n) is 5.78. The predicted molar refractivity (Wildman–Crippen MR) is 74.0 cm³/mol. The van der Waals surface area contributed by atoms with Gasteiger partial charge in [0.25, 0.3) is 5.69 Å². The van der Waals surface area contributed by atoms with Gasteiger partial charge >= 0.3 is 7.32 Å². The number of nitro groups is 1. The molecule has 1 aliphatic rings. The van der Waals surface area contributed by atoms with Crippen LogP contribution in [0.25, 0.3) is 0 Å². The van der Waals surface area contributed by atoms with Gasteiger partial charge in [-0.3, -0.25) is 10.1 Å². The average molecular weight is 279 g/mol. The van der Waals surface area contributed by atoms with Gasteiger partial charge < -0.3 is 14.0 Å². The van der Waals surface area contributed by atoms with Crippen LogP contribution >= 0.6 is 0 Å². The summed E-state index contributed by atoms with van der Waals surface area (Å²) in [6.07, 6.45) is 0. The quantitative estimate of drug-likeness (QED) is 0.481. The third-order valence-corrected chi connectivity index (χ3v) is 3.76. The Morgan fingerprint density at radius 2 is 1.65 bits per heavy atom. The Balaban J connectivity index is 1.92. The summed E-state index contributed by atoms with van der Waals surface area (Å²) in [6.45, 7) is 8.06. The van der Waals surface area contributed by atoms with Crippen molar-refractivity contribution in [2.75, 3.05) is 0 Å². The molecule has 1 fully saturated rings. The molecular weight excluding hydrogens is 261 g/mol. The maximum Gasteiger partial charge on any atom is 0.640 e. The third kappa shape index (κ3) is 3.00. The lowest BCUT2D eigenvalue weighted by Crippen LogP contribution is -2.41. The van der Waals surface area contributed by atoms with Crippen LogP contribution in [0.15, 0.2) is 24.3 Å². The molecule has 2 rings (SSSR count). The summed E-state index contributed by atoms with van der Waals surface area (Å²) < 4.78 is 16.9. The maximum atomic E-state index is 10.6. The lowest BCUT2D eigenvalue weighted by molar-refractivity contribution is -0.384. The monoisotopic (exact) mass is 279 g/mol. The van der Waals surface area contributed by atoms with Gasteiger partial charge in [-0.1, -0.05) is 0 Å². The Morgan fingerprint density at radius 3 is 2.10 bits per heavy atom. The number of hydrogen-bond donors (Lipinski definition) is 0. The first kappa shape index (κ1) is 15.0. The van der Waals surface area contributed by atoms with Crippen molar-refractivity contribution < 1.29 is 18.9 Å². The van der Waals surface area contributed by atoms with Gasteiger partial charge in [0, 0.05) is 12.1 Å². The summed E-state index contributed by atoms with van der Waals surface area (Å²) in [7, 11) is -0.727. The summed E-state index contributed by atoms with van der Waals surface area (Å²) in [5, 5.41) is 10.6. The third-order valence-electron chi connectivity index (χ3n) is 3.76. The molecule has 108 valence electrons. The molecule has 7 heteroatoms. The Kier molecular flexibility index (Phi) is 3.86. The Morgan fingerprint density at radius 1 is 1.15 bits per heavy atom. The van der Waals surface area contributed by atoms with Crippen LogP contribution in [0.4, 0.5) is 5.69 Å². The molecule has 1 heterocycles. The lowest BCUT2D eigenvalue weighted by atomic mass is 9.90. The number of benzene rings is 1. The second kappa shape index (κ2) is 5.16. The largest absolute Gasteiger partial charge is 0.640 e. The van der Waals surface area contributed by atoms with Gasteiger partial charge in [0.1, 0.15) is 0 Å². The summed E-state index contributed by atoms with van der Waals surface area (Å²) in [5.74, 6) is 0. The summed E-state index contributed by atoms with van der Waals surface area (Å²) in [4.78, 5) is 10.1. The van der Waals surface area contributed by atoms with E-state index in [0.717, 1.165) is 5.56 Å². The zero-order chi connectivity index (χ0) is 15.0. The summed E-state index contributed by atoms with van der Waals surface area (Å²) in [6, 6.07) is 6.21. The Labute approximate surface area is 118 Å². The van der Waals surface area contributed by atoms with Crippen molar-refractivity contribution in [1.82, 2.24) is 0 Å². The Bertz CT molecular complexity index is 484. The van der Waals surface area contributed by atoms with Gasteiger partial charge in [-0.15, -0.1) is 0 Å². The molecule has 20 heavy (non-hydrogen) atoms. The molecule has 1 aromatic carbocycles. The van der Waals surface area contributed by atoms with Crippen molar-refractivity contribution in [1.29, 1.82) is 0 Å². The van der Waals surface area contributed by atoms with E-state index in [4.69, 9.17) is 14.0 Å². The fourth-order valence-electron chi connectivity index (χ4n) is 1.74. The average Bonchev–Trinajstić information content (AvgIpc) is 2.56. The fourth-order valence-corrected chi connectivity index (χ4v) is 1.74. The highest BCUT2D eigenvalue weighted by Crippen LogP contribution is 2.37. The van der Waals surface area contributed by atoms with E-state index < -0.39 is 23.4 Å². The number of non-ortho nitro benzene ring substituents is 1. The molecule has 0 amide bonds. The van der Waals surface area contributed by atoms with E-state index in [1.165, 1.54) is 12.1 Å². The van der Waals surface area contributed by atoms with Crippen LogP contribution in [0.1, 0.15) is 33.3 Å². The maximum absolute atomic E-state index is 10.6. The number of hydrogen-bond acceptors (Lipinski definition) is 5. The minimum atomic E-state index is -0.727. The fraction of sp³-hybridized carbons (Fsp3) is 0.538. The smallest absolute Gasteiger partial charge is 0.382 e. The molecule has 0 saturated carbocycles. The summed E-state index contributed by atoms with van der Waals surface area (Å²) >= 11 is 0. The predicted octanol–water partition coefficient (Wildman–Crippen LogP) is 2.70. The minimum Gasteiger partial charge on any atom is -0.382 e. The van der Waals surface area contributed by atoms with E-state index in [0.29, 0.717) is 0 Å². The van der Waals surface area contributed by atoms with Crippen LogP contribution in [0.5, 0.6) is 0 Å². The van der Waals surface area contributed by atoms with Gasteiger partial charge in [0.05, 0.1) is 22.7 Å². The molecule has 6 nitrogen and oxygen atoms in total. The van der Waals surface area contributed by atoms with E-state index in [2.05, 4.69) is 0 Å². The molecule has 0 bridgehead atoms. The van der Waals surface area contributed by atoms with E-state index in [9.17, 15) is 10.1 Å². The van der Waals surface area contributed by atoms with Crippen LogP contribution in [-0.4, -0.2) is 23.4 Å². The zero-order valence-corrected chi connectivity index (χ0v) is 12.1. The number of nitrogens with zero attached hydrogens (tertiary/aromatic N) is 1.